The van der Waals surface area contributed by atoms with Gasteiger partial charge in [-0.05, 0) is 46.9 Å². The average molecular weight is 351 g/mol. The number of benzene rings is 3. The van der Waals surface area contributed by atoms with Crippen LogP contribution in [0.4, 0.5) is 0 Å². The number of ether oxygens (including phenoxy) is 1. The molecule has 0 atom stereocenters. The molecule has 25 heavy (non-hydrogen) atoms. The van der Waals surface area contributed by atoms with Gasteiger partial charge in [-0.3, -0.25) is 4.79 Å². The molecule has 0 aliphatic carbocycles. The van der Waals surface area contributed by atoms with Crippen LogP contribution in [0.5, 0.6) is 5.75 Å². The Morgan fingerprint density at radius 1 is 1.04 bits per heavy atom. The van der Waals surface area contributed by atoms with Gasteiger partial charge in [0.2, 0.25) is 0 Å². The van der Waals surface area contributed by atoms with Crippen LogP contribution in [0.1, 0.15) is 15.9 Å². The Balaban J connectivity index is 1.86. The van der Waals surface area contributed by atoms with Gasteiger partial charge in [0, 0.05) is 18.5 Å². The van der Waals surface area contributed by atoms with Crippen molar-refractivity contribution in [2.24, 2.45) is 0 Å². The highest BCUT2D eigenvalue weighted by Crippen LogP contribution is 2.27. The second-order valence-electron chi connectivity index (χ2n) is 5.91. The van der Waals surface area contributed by atoms with E-state index in [-0.39, 0.29) is 5.91 Å². The van der Waals surface area contributed by atoms with Crippen molar-refractivity contribution in [1.82, 2.24) is 4.90 Å². The van der Waals surface area contributed by atoms with Crippen molar-refractivity contribution >= 4 is 28.4 Å². The monoisotopic (exact) mass is 351 g/mol. The van der Waals surface area contributed by atoms with Crippen LogP contribution in [0.15, 0.2) is 65.6 Å². The van der Waals surface area contributed by atoms with E-state index in [2.05, 4.69) is 30.5 Å². The van der Waals surface area contributed by atoms with Crippen molar-refractivity contribution in [1.29, 1.82) is 0 Å². The number of thioether (sulfide) groups is 1. The number of methoxy groups -OCH3 is 1. The van der Waals surface area contributed by atoms with E-state index in [0.29, 0.717) is 17.9 Å². The molecule has 3 aromatic rings. The molecule has 3 nitrogen and oxygen atoms in total. The van der Waals surface area contributed by atoms with E-state index in [1.165, 1.54) is 4.90 Å². The van der Waals surface area contributed by atoms with Gasteiger partial charge in [0.25, 0.3) is 5.91 Å². The molecule has 0 aromatic heterocycles. The first-order valence-electron chi connectivity index (χ1n) is 8.07. The molecule has 4 heteroatoms. The molecular formula is C21H21NO2S. The molecule has 0 aliphatic rings. The number of carbonyl (C=O) groups is 1. The van der Waals surface area contributed by atoms with Crippen molar-refractivity contribution in [2.45, 2.75) is 11.4 Å². The van der Waals surface area contributed by atoms with E-state index >= 15 is 0 Å². The second-order valence-corrected chi connectivity index (χ2v) is 6.79. The lowest BCUT2D eigenvalue weighted by Gasteiger charge is -2.19. The summed E-state index contributed by atoms with van der Waals surface area (Å²) < 4.78 is 5.45. The van der Waals surface area contributed by atoms with Gasteiger partial charge in [0.05, 0.1) is 12.7 Å². The maximum atomic E-state index is 12.9. The molecule has 0 fully saturated rings. The smallest absolute Gasteiger partial charge is 0.257 e. The molecule has 0 saturated carbocycles. The van der Waals surface area contributed by atoms with Crippen molar-refractivity contribution in [3.05, 3.63) is 71.8 Å². The molecule has 128 valence electrons. The summed E-state index contributed by atoms with van der Waals surface area (Å²) in [5.74, 6) is 0.560. The molecule has 3 aromatic carbocycles. The number of amides is 1. The summed E-state index contributed by atoms with van der Waals surface area (Å²) in [5, 5.41) is 2.09. The fraction of sp³-hybridized carbons (Fsp3) is 0.190. The Morgan fingerprint density at radius 3 is 2.28 bits per heavy atom. The van der Waals surface area contributed by atoms with Crippen LogP contribution in [0.3, 0.4) is 0 Å². The molecule has 0 spiro atoms. The third kappa shape index (κ3) is 3.80. The lowest BCUT2D eigenvalue weighted by Crippen LogP contribution is -2.26. The minimum absolute atomic E-state index is 0.0449. The SMILES string of the molecule is COc1cc2ccccc2cc1C(=O)N(C)Cc1ccc(SC)cc1. The van der Waals surface area contributed by atoms with Crippen LogP contribution in [0, 0.1) is 0 Å². The molecule has 0 aliphatic heterocycles. The highest BCUT2D eigenvalue weighted by atomic mass is 32.2. The summed E-state index contributed by atoms with van der Waals surface area (Å²) in [6.45, 7) is 0.559. The first-order chi connectivity index (χ1) is 12.1. The fourth-order valence-electron chi connectivity index (χ4n) is 2.84. The van der Waals surface area contributed by atoms with Crippen LogP contribution >= 0.6 is 11.8 Å². The van der Waals surface area contributed by atoms with Gasteiger partial charge >= 0.3 is 0 Å². The summed E-state index contributed by atoms with van der Waals surface area (Å²) in [6.07, 6.45) is 2.05. The molecule has 0 N–H and O–H groups in total. The summed E-state index contributed by atoms with van der Waals surface area (Å²) in [4.78, 5) is 15.9. The molecule has 3 rings (SSSR count). The predicted octanol–water partition coefficient (Wildman–Crippen LogP) is 4.84. The maximum absolute atomic E-state index is 12.9. The summed E-state index contributed by atoms with van der Waals surface area (Å²) >= 11 is 1.71. The number of nitrogens with zero attached hydrogens (tertiary/aromatic N) is 1. The highest BCUT2D eigenvalue weighted by molar-refractivity contribution is 7.98. The van der Waals surface area contributed by atoms with E-state index in [1.54, 1.807) is 23.8 Å². The van der Waals surface area contributed by atoms with Crippen molar-refractivity contribution in [3.63, 3.8) is 0 Å². The van der Waals surface area contributed by atoms with Crippen LogP contribution in [-0.4, -0.2) is 31.2 Å². The number of hydrogen-bond donors (Lipinski definition) is 0. The largest absolute Gasteiger partial charge is 0.496 e. The molecule has 1 amide bonds. The lowest BCUT2D eigenvalue weighted by atomic mass is 10.0. The Morgan fingerprint density at radius 2 is 1.68 bits per heavy atom. The van der Waals surface area contributed by atoms with Crippen molar-refractivity contribution in [2.75, 3.05) is 20.4 Å². The van der Waals surface area contributed by atoms with Gasteiger partial charge in [0.15, 0.2) is 0 Å². The van der Waals surface area contributed by atoms with Crippen LogP contribution in [-0.2, 0) is 6.54 Å². The molecule has 0 bridgehead atoms. The summed E-state index contributed by atoms with van der Waals surface area (Å²) in [7, 11) is 3.42. The summed E-state index contributed by atoms with van der Waals surface area (Å²) in [5.41, 5.74) is 1.69. The third-order valence-electron chi connectivity index (χ3n) is 4.22. The normalized spacial score (nSPS) is 10.7. The third-order valence-corrected chi connectivity index (χ3v) is 4.97. The Labute approximate surface area is 152 Å². The quantitative estimate of drug-likeness (QED) is 0.616. The van der Waals surface area contributed by atoms with E-state index in [1.807, 2.05) is 43.4 Å². The van der Waals surface area contributed by atoms with Gasteiger partial charge in [-0.25, -0.2) is 0 Å². The molecule has 0 unspecified atom stereocenters. The number of rotatable bonds is 5. The van der Waals surface area contributed by atoms with E-state index in [9.17, 15) is 4.79 Å². The Bertz CT molecular complexity index is 890. The van der Waals surface area contributed by atoms with E-state index in [0.717, 1.165) is 16.3 Å². The first-order valence-corrected chi connectivity index (χ1v) is 9.30. The molecule has 0 heterocycles. The predicted molar refractivity (Wildman–Crippen MR) is 105 cm³/mol. The van der Waals surface area contributed by atoms with E-state index in [4.69, 9.17) is 4.74 Å². The summed E-state index contributed by atoms with van der Waals surface area (Å²) in [6, 6.07) is 20.1. The average Bonchev–Trinajstić information content (AvgIpc) is 2.66. The van der Waals surface area contributed by atoms with Crippen molar-refractivity contribution < 1.29 is 9.53 Å². The molecule has 0 radical (unpaired) electrons. The Kier molecular flexibility index (Phi) is 5.29. The minimum Gasteiger partial charge on any atom is -0.496 e. The Hall–Kier alpha value is -2.46. The van der Waals surface area contributed by atoms with Crippen LogP contribution in [0.2, 0.25) is 0 Å². The lowest BCUT2D eigenvalue weighted by molar-refractivity contribution is 0.0782. The molecular weight excluding hydrogens is 330 g/mol. The number of hydrogen-bond acceptors (Lipinski definition) is 3. The zero-order valence-electron chi connectivity index (χ0n) is 14.7. The van der Waals surface area contributed by atoms with Gasteiger partial charge in [0.1, 0.15) is 5.75 Å². The topological polar surface area (TPSA) is 29.5 Å². The van der Waals surface area contributed by atoms with Crippen molar-refractivity contribution in [3.8, 4) is 5.75 Å². The standard InChI is InChI=1S/C21H21NO2S/c1-22(14-15-8-10-18(25-3)11-9-15)21(23)19-12-16-6-4-5-7-17(16)13-20(19)24-2/h4-13H,14H2,1-3H3. The zero-order chi connectivity index (χ0) is 17.8. The number of fused-ring (bicyclic) bond motifs is 1. The van der Waals surface area contributed by atoms with Gasteiger partial charge in [-0.15, -0.1) is 11.8 Å². The van der Waals surface area contributed by atoms with Crippen LogP contribution in [0.25, 0.3) is 10.8 Å². The first kappa shape index (κ1) is 17.4. The second kappa shape index (κ2) is 7.62. The zero-order valence-corrected chi connectivity index (χ0v) is 15.5. The van der Waals surface area contributed by atoms with Gasteiger partial charge < -0.3 is 9.64 Å². The minimum atomic E-state index is -0.0449. The number of carbonyl (C=O) groups excluding carboxylic acids is 1. The van der Waals surface area contributed by atoms with Crippen LogP contribution < -0.4 is 4.74 Å². The van der Waals surface area contributed by atoms with Gasteiger partial charge in [-0.1, -0.05) is 36.4 Å². The maximum Gasteiger partial charge on any atom is 0.257 e. The fourth-order valence-corrected chi connectivity index (χ4v) is 3.25. The molecule has 0 saturated heterocycles. The highest BCUT2D eigenvalue weighted by Gasteiger charge is 2.18. The van der Waals surface area contributed by atoms with Gasteiger partial charge in [-0.2, -0.15) is 0 Å². The van der Waals surface area contributed by atoms with E-state index < -0.39 is 0 Å².